The zero-order chi connectivity index (χ0) is 10.4. The van der Waals surface area contributed by atoms with Crippen LogP contribution in [0.25, 0.3) is 0 Å². The van der Waals surface area contributed by atoms with Crippen LogP contribution >= 0.6 is 11.6 Å². The van der Waals surface area contributed by atoms with E-state index in [1.807, 2.05) is 0 Å². The number of nitrogens with one attached hydrogen (secondary N) is 2. The van der Waals surface area contributed by atoms with Gasteiger partial charge in [-0.1, -0.05) is 18.2 Å². The Bertz CT molecular complexity index is 214. The van der Waals surface area contributed by atoms with Crippen molar-refractivity contribution in [1.82, 2.24) is 15.5 Å². The second kappa shape index (κ2) is 6.01. The monoisotopic (exact) mass is 217 g/mol. The summed E-state index contributed by atoms with van der Waals surface area (Å²) in [4.78, 5) is 13.5. The minimum absolute atomic E-state index is 0.00806. The van der Waals surface area contributed by atoms with Gasteiger partial charge in [-0.25, -0.2) is 0 Å². The molecule has 0 bridgehead atoms. The normalized spacial score (nSPS) is 17.8. The fraction of sp³-hybridized carbons (Fsp3) is 0.667. The molecule has 0 aliphatic carbocycles. The van der Waals surface area contributed by atoms with Crippen molar-refractivity contribution in [3.63, 3.8) is 0 Å². The number of hydrogen-bond acceptors (Lipinski definition) is 3. The van der Waals surface area contributed by atoms with Gasteiger partial charge in [-0.15, -0.1) is 0 Å². The third-order valence-electron chi connectivity index (χ3n) is 2.05. The summed E-state index contributed by atoms with van der Waals surface area (Å²) in [6, 6.07) is 0. The minimum Gasteiger partial charge on any atom is -0.350 e. The van der Waals surface area contributed by atoms with E-state index in [-0.39, 0.29) is 5.91 Å². The van der Waals surface area contributed by atoms with Crippen molar-refractivity contribution in [2.75, 3.05) is 39.3 Å². The fourth-order valence-electron chi connectivity index (χ4n) is 1.32. The molecule has 0 aromatic rings. The van der Waals surface area contributed by atoms with Gasteiger partial charge < -0.3 is 10.6 Å². The molecule has 1 fully saturated rings. The molecule has 14 heavy (non-hydrogen) atoms. The summed E-state index contributed by atoms with van der Waals surface area (Å²) in [5.74, 6) is 0.00806. The van der Waals surface area contributed by atoms with Gasteiger partial charge in [0.1, 0.15) is 0 Å². The standard InChI is InChI=1S/C9H16ClN3O/c1-8(10)6-12-9(14)7-13-4-2-11-3-5-13/h11H,1-7H2,(H,12,14). The summed E-state index contributed by atoms with van der Waals surface area (Å²) in [6.45, 7) is 8.06. The molecule has 1 rings (SSSR count). The Labute approximate surface area is 89.3 Å². The topological polar surface area (TPSA) is 44.4 Å². The lowest BCUT2D eigenvalue weighted by Gasteiger charge is -2.26. The van der Waals surface area contributed by atoms with E-state index >= 15 is 0 Å². The van der Waals surface area contributed by atoms with Gasteiger partial charge in [-0.2, -0.15) is 0 Å². The molecular weight excluding hydrogens is 202 g/mol. The largest absolute Gasteiger partial charge is 0.350 e. The Morgan fingerprint density at radius 1 is 1.50 bits per heavy atom. The Morgan fingerprint density at radius 2 is 2.14 bits per heavy atom. The van der Waals surface area contributed by atoms with Gasteiger partial charge >= 0.3 is 0 Å². The molecule has 0 saturated carbocycles. The van der Waals surface area contributed by atoms with E-state index in [0.29, 0.717) is 18.1 Å². The lowest BCUT2D eigenvalue weighted by atomic mass is 10.3. The van der Waals surface area contributed by atoms with E-state index in [0.717, 1.165) is 26.2 Å². The smallest absolute Gasteiger partial charge is 0.234 e. The van der Waals surface area contributed by atoms with Crippen molar-refractivity contribution in [3.05, 3.63) is 11.6 Å². The molecule has 0 spiro atoms. The molecule has 0 atom stereocenters. The molecule has 0 aromatic carbocycles. The van der Waals surface area contributed by atoms with Crippen molar-refractivity contribution in [2.45, 2.75) is 0 Å². The summed E-state index contributed by atoms with van der Waals surface area (Å²) in [6.07, 6.45) is 0. The first-order valence-electron chi connectivity index (χ1n) is 4.71. The molecule has 1 saturated heterocycles. The molecule has 80 valence electrons. The molecule has 2 N–H and O–H groups in total. The lowest BCUT2D eigenvalue weighted by Crippen LogP contribution is -2.47. The average Bonchev–Trinajstić information content (AvgIpc) is 2.16. The first-order chi connectivity index (χ1) is 6.68. The number of nitrogens with zero attached hydrogens (tertiary/aromatic N) is 1. The van der Waals surface area contributed by atoms with Gasteiger partial charge in [-0.3, -0.25) is 9.69 Å². The van der Waals surface area contributed by atoms with Gasteiger partial charge in [0.15, 0.2) is 0 Å². The molecule has 1 amide bonds. The van der Waals surface area contributed by atoms with E-state index < -0.39 is 0 Å². The van der Waals surface area contributed by atoms with Crippen molar-refractivity contribution in [2.24, 2.45) is 0 Å². The first kappa shape index (κ1) is 11.5. The van der Waals surface area contributed by atoms with Crippen molar-refractivity contribution < 1.29 is 4.79 Å². The number of carbonyl (C=O) groups is 1. The molecule has 5 heteroatoms. The van der Waals surface area contributed by atoms with Crippen LogP contribution in [0.4, 0.5) is 0 Å². The van der Waals surface area contributed by atoms with Gasteiger partial charge in [-0.05, 0) is 0 Å². The molecule has 1 heterocycles. The quantitative estimate of drug-likeness (QED) is 0.684. The maximum Gasteiger partial charge on any atom is 0.234 e. The maximum atomic E-state index is 11.3. The highest BCUT2D eigenvalue weighted by Gasteiger charge is 2.12. The third-order valence-corrected chi connectivity index (χ3v) is 2.19. The summed E-state index contributed by atoms with van der Waals surface area (Å²) in [7, 11) is 0. The Kier molecular flexibility index (Phi) is 4.93. The number of piperazine rings is 1. The van der Waals surface area contributed by atoms with Crippen LogP contribution in [0.3, 0.4) is 0 Å². The van der Waals surface area contributed by atoms with Crippen molar-refractivity contribution >= 4 is 17.5 Å². The molecule has 1 aliphatic heterocycles. The van der Waals surface area contributed by atoms with Gasteiger partial charge in [0, 0.05) is 31.2 Å². The highest BCUT2D eigenvalue weighted by Crippen LogP contribution is 1.94. The summed E-state index contributed by atoms with van der Waals surface area (Å²) >= 11 is 5.53. The lowest BCUT2D eigenvalue weighted by molar-refractivity contribution is -0.122. The molecule has 1 aliphatic rings. The van der Waals surface area contributed by atoms with Gasteiger partial charge in [0.05, 0.1) is 13.1 Å². The summed E-state index contributed by atoms with van der Waals surface area (Å²) in [5, 5.41) is 6.38. The van der Waals surface area contributed by atoms with Crippen LogP contribution in [0, 0.1) is 0 Å². The van der Waals surface area contributed by atoms with E-state index in [1.165, 1.54) is 0 Å². The SMILES string of the molecule is C=C(Cl)CNC(=O)CN1CCNCC1. The third kappa shape index (κ3) is 4.60. The summed E-state index contributed by atoms with van der Waals surface area (Å²) < 4.78 is 0. The molecule has 4 nitrogen and oxygen atoms in total. The van der Waals surface area contributed by atoms with Crippen LogP contribution in [0.2, 0.25) is 0 Å². The predicted molar refractivity (Wildman–Crippen MR) is 57.3 cm³/mol. The van der Waals surface area contributed by atoms with Gasteiger partial charge in [0.2, 0.25) is 5.91 Å². The molecule has 0 aromatic heterocycles. The Hall–Kier alpha value is -0.580. The zero-order valence-electron chi connectivity index (χ0n) is 8.18. The summed E-state index contributed by atoms with van der Waals surface area (Å²) in [5.41, 5.74) is 0. The Balaban J connectivity index is 2.15. The Morgan fingerprint density at radius 3 is 2.71 bits per heavy atom. The number of rotatable bonds is 4. The minimum atomic E-state index is 0.00806. The van der Waals surface area contributed by atoms with E-state index in [9.17, 15) is 4.79 Å². The van der Waals surface area contributed by atoms with Crippen LogP contribution in [0.5, 0.6) is 0 Å². The van der Waals surface area contributed by atoms with E-state index in [2.05, 4.69) is 22.1 Å². The van der Waals surface area contributed by atoms with Crippen molar-refractivity contribution in [1.29, 1.82) is 0 Å². The number of halogens is 1. The van der Waals surface area contributed by atoms with Crippen LogP contribution in [0.1, 0.15) is 0 Å². The second-order valence-corrected chi connectivity index (χ2v) is 3.85. The fourth-order valence-corrected chi connectivity index (χ4v) is 1.39. The average molecular weight is 218 g/mol. The predicted octanol–water partition coefficient (Wildman–Crippen LogP) is -0.240. The number of hydrogen-bond donors (Lipinski definition) is 2. The number of amides is 1. The number of carbonyl (C=O) groups excluding carboxylic acids is 1. The van der Waals surface area contributed by atoms with Crippen LogP contribution in [-0.2, 0) is 4.79 Å². The van der Waals surface area contributed by atoms with Gasteiger partial charge in [0.25, 0.3) is 0 Å². The van der Waals surface area contributed by atoms with E-state index in [1.54, 1.807) is 0 Å². The first-order valence-corrected chi connectivity index (χ1v) is 5.09. The second-order valence-electron chi connectivity index (χ2n) is 3.32. The maximum absolute atomic E-state index is 11.3. The van der Waals surface area contributed by atoms with Crippen LogP contribution in [0.15, 0.2) is 11.6 Å². The van der Waals surface area contributed by atoms with Crippen LogP contribution < -0.4 is 10.6 Å². The molecule has 0 unspecified atom stereocenters. The highest BCUT2D eigenvalue weighted by atomic mass is 35.5. The molecular formula is C9H16ClN3O. The molecule has 0 radical (unpaired) electrons. The van der Waals surface area contributed by atoms with E-state index in [4.69, 9.17) is 11.6 Å². The van der Waals surface area contributed by atoms with Crippen LogP contribution in [-0.4, -0.2) is 50.1 Å². The zero-order valence-corrected chi connectivity index (χ0v) is 8.94. The van der Waals surface area contributed by atoms with Crippen molar-refractivity contribution in [3.8, 4) is 0 Å². The highest BCUT2D eigenvalue weighted by molar-refractivity contribution is 6.29.